The smallest absolute Gasteiger partial charge is 0.257 e. The van der Waals surface area contributed by atoms with Gasteiger partial charge in [0.05, 0.1) is 5.69 Å². The van der Waals surface area contributed by atoms with Crippen LogP contribution in [-0.2, 0) is 16.0 Å². The van der Waals surface area contributed by atoms with Crippen LogP contribution in [0.4, 0.5) is 5.82 Å². The molecule has 2 bridgehead atoms. The van der Waals surface area contributed by atoms with Gasteiger partial charge in [-0.15, -0.1) is 0 Å². The number of nitrogens with zero attached hydrogens (tertiary/aromatic N) is 3. The summed E-state index contributed by atoms with van der Waals surface area (Å²) >= 11 is 0. The Morgan fingerprint density at radius 1 is 1.12 bits per heavy atom. The van der Waals surface area contributed by atoms with Crippen LogP contribution in [0.1, 0.15) is 36.1 Å². The molecule has 4 fully saturated rings. The van der Waals surface area contributed by atoms with Gasteiger partial charge >= 0.3 is 0 Å². The first-order chi connectivity index (χ1) is 15.6. The fourth-order valence-corrected chi connectivity index (χ4v) is 5.13. The van der Waals surface area contributed by atoms with Crippen molar-refractivity contribution in [3.8, 4) is 11.8 Å². The molecule has 0 spiro atoms. The number of piperidine rings is 3. The number of ether oxygens (including phenoxy) is 1. The Morgan fingerprint density at radius 3 is 2.56 bits per heavy atom. The Hall–Kier alpha value is -2.72. The van der Waals surface area contributed by atoms with Crippen molar-refractivity contribution < 1.29 is 14.6 Å². The molecule has 6 nitrogen and oxygen atoms in total. The van der Waals surface area contributed by atoms with Gasteiger partial charge in [0, 0.05) is 44.5 Å². The second kappa shape index (κ2) is 8.67. The van der Waals surface area contributed by atoms with Crippen molar-refractivity contribution in [2.45, 2.75) is 37.4 Å². The molecule has 2 atom stereocenters. The van der Waals surface area contributed by atoms with Gasteiger partial charge in [-0.1, -0.05) is 42.2 Å². The molecule has 2 aromatic rings. The van der Waals surface area contributed by atoms with E-state index in [-0.39, 0.29) is 11.8 Å². The fraction of sp³-hybridized carbons (Fsp3) is 0.462. The van der Waals surface area contributed by atoms with Gasteiger partial charge in [-0.05, 0) is 43.6 Å². The minimum atomic E-state index is -0.963. The summed E-state index contributed by atoms with van der Waals surface area (Å²) in [5, 5.41) is 11.2. The molecule has 6 rings (SSSR count). The van der Waals surface area contributed by atoms with Crippen molar-refractivity contribution in [2.24, 2.45) is 5.92 Å². The number of methoxy groups -OCH3 is 1. The molecule has 4 saturated heterocycles. The van der Waals surface area contributed by atoms with Crippen molar-refractivity contribution in [3.63, 3.8) is 0 Å². The number of fused-ring (bicyclic) bond motifs is 3. The van der Waals surface area contributed by atoms with Crippen LogP contribution < -0.4 is 4.90 Å². The van der Waals surface area contributed by atoms with Gasteiger partial charge in [0.1, 0.15) is 17.5 Å². The Bertz CT molecular complexity index is 1050. The quantitative estimate of drug-likeness (QED) is 0.752. The number of hydrogen-bond donors (Lipinski definition) is 1. The molecule has 1 aromatic carbocycles. The average molecular weight is 432 g/mol. The molecular weight excluding hydrogens is 402 g/mol. The number of aromatic nitrogens is 1. The normalized spacial score (nSPS) is 29.1. The lowest BCUT2D eigenvalue weighted by molar-refractivity contribution is -0.125. The summed E-state index contributed by atoms with van der Waals surface area (Å²) in [4.78, 5) is 21.5. The zero-order valence-corrected chi connectivity index (χ0v) is 18.5. The monoisotopic (exact) mass is 431 g/mol. The highest BCUT2D eigenvalue weighted by Crippen LogP contribution is 2.35. The first kappa shape index (κ1) is 21.1. The second-order valence-electron chi connectivity index (χ2n) is 9.05. The summed E-state index contributed by atoms with van der Waals surface area (Å²) in [5.41, 5.74) is 1.79. The maximum atomic E-state index is 12.6. The third kappa shape index (κ3) is 4.04. The van der Waals surface area contributed by atoms with Gasteiger partial charge in [0.15, 0.2) is 0 Å². The number of pyridine rings is 1. The first-order valence-electron chi connectivity index (χ1n) is 11.4. The van der Waals surface area contributed by atoms with Crippen molar-refractivity contribution in [1.29, 1.82) is 0 Å². The highest BCUT2D eigenvalue weighted by Gasteiger charge is 2.44. The largest absolute Gasteiger partial charge is 0.376 e. The van der Waals surface area contributed by atoms with E-state index in [2.05, 4.69) is 28.9 Å². The molecule has 32 heavy (non-hydrogen) atoms. The van der Waals surface area contributed by atoms with E-state index in [4.69, 9.17) is 9.72 Å². The number of amides is 1. The lowest BCUT2D eigenvalue weighted by Gasteiger charge is -2.47. The molecule has 4 aliphatic heterocycles. The number of hydrogen-bond acceptors (Lipinski definition) is 5. The molecule has 0 aliphatic carbocycles. The fourth-order valence-electron chi connectivity index (χ4n) is 5.13. The second-order valence-corrected chi connectivity index (χ2v) is 9.05. The molecule has 166 valence electrons. The maximum Gasteiger partial charge on any atom is 0.257 e. The molecule has 6 heteroatoms. The van der Waals surface area contributed by atoms with E-state index in [1.54, 1.807) is 12.0 Å². The Kier molecular flexibility index (Phi) is 5.73. The molecule has 1 aromatic heterocycles. The van der Waals surface area contributed by atoms with Gasteiger partial charge in [0.2, 0.25) is 0 Å². The van der Waals surface area contributed by atoms with Crippen LogP contribution in [0.5, 0.6) is 0 Å². The third-order valence-corrected chi connectivity index (χ3v) is 7.03. The molecule has 0 radical (unpaired) electrons. The summed E-state index contributed by atoms with van der Waals surface area (Å²) in [6, 6.07) is 13.9. The van der Waals surface area contributed by atoms with Crippen LogP contribution in [0.3, 0.4) is 0 Å². The lowest BCUT2D eigenvalue weighted by Crippen LogP contribution is -2.58. The van der Waals surface area contributed by atoms with Crippen LogP contribution >= 0.6 is 0 Å². The predicted octanol–water partition coefficient (Wildman–Crippen LogP) is 2.23. The van der Waals surface area contributed by atoms with E-state index in [1.807, 2.05) is 30.3 Å². The number of carbonyl (C=O) groups excluding carboxylic acids is 1. The van der Waals surface area contributed by atoms with Crippen molar-refractivity contribution in [3.05, 3.63) is 59.3 Å². The highest BCUT2D eigenvalue weighted by atomic mass is 16.5. The number of aliphatic hydroxyl groups is 1. The van der Waals surface area contributed by atoms with Crippen molar-refractivity contribution in [1.82, 2.24) is 9.88 Å². The summed E-state index contributed by atoms with van der Waals surface area (Å²) in [6.07, 6.45) is 2.87. The summed E-state index contributed by atoms with van der Waals surface area (Å²) in [6.45, 7) is 3.31. The molecule has 5 heterocycles. The Balaban J connectivity index is 1.48. The number of rotatable bonds is 4. The third-order valence-electron chi connectivity index (χ3n) is 7.03. The minimum absolute atomic E-state index is 0.0499. The minimum Gasteiger partial charge on any atom is -0.376 e. The van der Waals surface area contributed by atoms with E-state index < -0.39 is 11.7 Å². The van der Waals surface area contributed by atoms with E-state index in [9.17, 15) is 9.90 Å². The van der Waals surface area contributed by atoms with Crippen molar-refractivity contribution >= 4 is 11.7 Å². The first-order valence-corrected chi connectivity index (χ1v) is 11.4. The summed E-state index contributed by atoms with van der Waals surface area (Å²) in [5.74, 6) is 7.29. The predicted molar refractivity (Wildman–Crippen MR) is 122 cm³/mol. The van der Waals surface area contributed by atoms with Crippen LogP contribution in [-0.4, -0.2) is 65.9 Å². The topological polar surface area (TPSA) is 65.9 Å². The summed E-state index contributed by atoms with van der Waals surface area (Å²) < 4.78 is 5.29. The molecular formula is C26H29N3O3. The van der Waals surface area contributed by atoms with Gasteiger partial charge in [0.25, 0.3) is 5.91 Å². The van der Waals surface area contributed by atoms with Gasteiger partial charge in [-0.2, -0.15) is 0 Å². The lowest BCUT2D eigenvalue weighted by atomic mass is 9.75. The zero-order valence-electron chi connectivity index (χ0n) is 18.5. The van der Waals surface area contributed by atoms with Crippen LogP contribution in [0, 0.1) is 17.8 Å². The van der Waals surface area contributed by atoms with E-state index >= 15 is 0 Å². The summed E-state index contributed by atoms with van der Waals surface area (Å²) in [7, 11) is 1.57. The van der Waals surface area contributed by atoms with Gasteiger partial charge in [-0.25, -0.2) is 4.98 Å². The van der Waals surface area contributed by atoms with Crippen molar-refractivity contribution in [2.75, 3.05) is 38.2 Å². The number of benzene rings is 1. The van der Waals surface area contributed by atoms with Gasteiger partial charge < -0.3 is 9.84 Å². The number of anilines is 1. The Morgan fingerprint density at radius 2 is 1.91 bits per heavy atom. The van der Waals surface area contributed by atoms with E-state index in [0.29, 0.717) is 31.7 Å². The van der Waals surface area contributed by atoms with Gasteiger partial charge in [-0.3, -0.25) is 14.6 Å². The van der Waals surface area contributed by atoms with Crippen LogP contribution in [0.2, 0.25) is 0 Å². The highest BCUT2D eigenvalue weighted by molar-refractivity contribution is 5.98. The molecule has 4 aliphatic rings. The molecule has 0 saturated carbocycles. The molecule has 1 amide bonds. The van der Waals surface area contributed by atoms with E-state index in [1.165, 1.54) is 0 Å². The zero-order chi connectivity index (χ0) is 22.1. The average Bonchev–Trinajstić information content (AvgIpc) is 3.20. The Labute approximate surface area is 189 Å². The molecule has 1 N–H and O–H groups in total. The van der Waals surface area contributed by atoms with Crippen LogP contribution in [0.25, 0.3) is 0 Å². The van der Waals surface area contributed by atoms with E-state index in [0.717, 1.165) is 42.8 Å². The molecule has 1 unspecified atom stereocenters. The van der Waals surface area contributed by atoms with Crippen LogP contribution in [0.15, 0.2) is 42.5 Å². The maximum absolute atomic E-state index is 12.6. The SMILES string of the molecule is COC1CCN(c2ccc(C#C[C@@]3(O)CN4CCC3CC4)c(Cc3ccccc3)n2)C1=O. The standard InChI is InChI=1S/C26H29N3O3/c1-32-23-12-16-29(25(23)30)24-8-7-20(22(27-24)17-19-5-3-2-4-6-19)9-13-26(31)18-28-14-10-21(26)11-15-28/h2-8,21,23,31H,10-12,14-18H2,1H3/t23?,26-/m1/s1. The number of carbonyl (C=O) groups is 1.